The van der Waals surface area contributed by atoms with E-state index in [1.165, 1.54) is 6.20 Å². The molecule has 2 aromatic carbocycles. The third-order valence-corrected chi connectivity index (χ3v) is 6.51. The van der Waals surface area contributed by atoms with Crippen LogP contribution in [0.2, 0.25) is 0 Å². The zero-order chi connectivity index (χ0) is 25.2. The van der Waals surface area contributed by atoms with Crippen LogP contribution >= 0.6 is 0 Å². The number of hydrogen-bond acceptors (Lipinski definition) is 5. The fourth-order valence-corrected chi connectivity index (χ4v) is 4.71. The molecule has 3 atom stereocenters. The molecule has 186 valence electrons. The van der Waals surface area contributed by atoms with Gasteiger partial charge in [-0.2, -0.15) is 0 Å². The summed E-state index contributed by atoms with van der Waals surface area (Å²) in [5, 5.41) is 14.2. The minimum absolute atomic E-state index is 0.108. The first-order chi connectivity index (χ1) is 16.9. The number of carbonyl (C=O) groups excluding carboxylic acids is 2. The van der Waals surface area contributed by atoms with Crippen LogP contribution in [0, 0.1) is 11.8 Å². The lowest BCUT2D eigenvalue weighted by atomic mass is 9.80. The first kappa shape index (κ1) is 26.3. The van der Waals surface area contributed by atoms with Gasteiger partial charge in [-0.15, -0.1) is 0 Å². The number of aliphatic hydroxyl groups is 1. The van der Waals surface area contributed by atoms with Crippen LogP contribution in [-0.2, 0) is 11.2 Å². The largest absolute Gasteiger partial charge is 0.391 e. The smallest absolute Gasteiger partial charge is 0.271 e. The maximum Gasteiger partial charge on any atom is 0.271 e. The minimum atomic E-state index is -0.957. The van der Waals surface area contributed by atoms with E-state index >= 15 is 0 Å². The van der Waals surface area contributed by atoms with Crippen LogP contribution in [0.1, 0.15) is 62.0 Å². The molecule has 2 amide bonds. The van der Waals surface area contributed by atoms with E-state index in [4.69, 9.17) is 5.73 Å². The van der Waals surface area contributed by atoms with Gasteiger partial charge in [0.2, 0.25) is 5.91 Å². The molecule has 1 aromatic heterocycles. The summed E-state index contributed by atoms with van der Waals surface area (Å²) >= 11 is 0. The number of carbonyl (C=O) groups is 2. The Balaban J connectivity index is 1.83. The van der Waals surface area contributed by atoms with Gasteiger partial charge in [0, 0.05) is 5.92 Å². The fourth-order valence-electron chi connectivity index (χ4n) is 4.71. The minimum Gasteiger partial charge on any atom is -0.391 e. The van der Waals surface area contributed by atoms with Crippen LogP contribution in [0.3, 0.4) is 0 Å². The van der Waals surface area contributed by atoms with Gasteiger partial charge in [0.25, 0.3) is 5.91 Å². The Morgan fingerprint density at radius 2 is 1.60 bits per heavy atom. The number of nitrogens with one attached hydrogen (secondary N) is 1. The Labute approximate surface area is 207 Å². The first-order valence-corrected chi connectivity index (χ1v) is 12.5. The van der Waals surface area contributed by atoms with Gasteiger partial charge < -0.3 is 16.2 Å². The molecule has 0 saturated carbocycles. The number of aliphatic hydroxyl groups excluding tert-OH is 1. The van der Waals surface area contributed by atoms with E-state index in [9.17, 15) is 14.7 Å². The molecule has 7 nitrogen and oxygen atoms in total. The molecule has 1 heterocycles. The van der Waals surface area contributed by atoms with Crippen LogP contribution < -0.4 is 11.1 Å². The Hall–Kier alpha value is -3.32. The number of para-hydroxylation sites is 2. The summed E-state index contributed by atoms with van der Waals surface area (Å²) in [4.78, 5) is 34.3. The lowest BCUT2D eigenvalue weighted by molar-refractivity contribution is -0.125. The summed E-state index contributed by atoms with van der Waals surface area (Å²) in [6, 6.07) is 16.4. The lowest BCUT2D eigenvalue weighted by Crippen LogP contribution is -2.47. The number of nitrogens with two attached hydrogens (primary N) is 1. The van der Waals surface area contributed by atoms with Crippen molar-refractivity contribution in [2.75, 3.05) is 0 Å². The first-order valence-electron chi connectivity index (χ1n) is 12.5. The highest BCUT2D eigenvalue weighted by molar-refractivity contribution is 5.94. The van der Waals surface area contributed by atoms with Gasteiger partial charge in [0.05, 0.1) is 29.4 Å². The molecule has 0 aliphatic heterocycles. The highest BCUT2D eigenvalue weighted by Gasteiger charge is 2.32. The number of benzene rings is 2. The van der Waals surface area contributed by atoms with Gasteiger partial charge in [-0.3, -0.25) is 14.6 Å². The number of fused-ring (bicyclic) bond motifs is 1. The molecular formula is C28H36N4O3. The quantitative estimate of drug-likeness (QED) is 0.344. The van der Waals surface area contributed by atoms with Crippen molar-refractivity contribution in [1.82, 2.24) is 15.3 Å². The zero-order valence-corrected chi connectivity index (χ0v) is 20.6. The second-order valence-electron chi connectivity index (χ2n) is 9.16. The molecule has 0 saturated heterocycles. The van der Waals surface area contributed by atoms with Crippen molar-refractivity contribution in [3.63, 3.8) is 0 Å². The van der Waals surface area contributed by atoms with Gasteiger partial charge in [0.15, 0.2) is 0 Å². The van der Waals surface area contributed by atoms with Crippen LogP contribution in [0.15, 0.2) is 60.8 Å². The number of primary amides is 1. The SMILES string of the molecule is CCCC(CCC)[C@@H](C[C@H](O)[C@H](Cc1ccccc1)NC(=O)c1cnc2ccccc2n1)C(N)=O. The number of rotatable bonds is 13. The van der Waals surface area contributed by atoms with Crippen LogP contribution in [-0.4, -0.2) is 39.0 Å². The summed E-state index contributed by atoms with van der Waals surface area (Å²) in [5.41, 5.74) is 8.26. The van der Waals surface area contributed by atoms with Crippen molar-refractivity contribution in [2.45, 2.75) is 64.5 Å². The number of nitrogens with zero attached hydrogens (tertiary/aromatic N) is 2. The molecule has 3 rings (SSSR count). The Morgan fingerprint density at radius 3 is 2.23 bits per heavy atom. The van der Waals surface area contributed by atoms with E-state index in [1.54, 1.807) is 6.07 Å². The molecular weight excluding hydrogens is 440 g/mol. The van der Waals surface area contributed by atoms with Crippen molar-refractivity contribution in [2.24, 2.45) is 17.6 Å². The highest BCUT2D eigenvalue weighted by atomic mass is 16.3. The van der Waals surface area contributed by atoms with Gasteiger partial charge in [0.1, 0.15) is 5.69 Å². The molecule has 0 aliphatic rings. The van der Waals surface area contributed by atoms with Crippen LogP contribution in [0.5, 0.6) is 0 Å². The van der Waals surface area contributed by atoms with Crippen molar-refractivity contribution in [1.29, 1.82) is 0 Å². The molecule has 0 aliphatic carbocycles. The average Bonchev–Trinajstić information content (AvgIpc) is 2.86. The van der Waals surface area contributed by atoms with E-state index in [0.29, 0.717) is 17.5 Å². The highest BCUT2D eigenvalue weighted by Crippen LogP contribution is 2.28. The molecule has 35 heavy (non-hydrogen) atoms. The third-order valence-electron chi connectivity index (χ3n) is 6.51. The van der Waals surface area contributed by atoms with Gasteiger partial charge in [-0.1, -0.05) is 69.2 Å². The molecule has 0 bridgehead atoms. The molecule has 0 spiro atoms. The number of amides is 2. The maximum absolute atomic E-state index is 13.1. The van der Waals surface area contributed by atoms with Crippen LogP contribution in [0.25, 0.3) is 11.0 Å². The topological polar surface area (TPSA) is 118 Å². The van der Waals surface area contributed by atoms with Gasteiger partial charge in [-0.25, -0.2) is 4.98 Å². The van der Waals surface area contributed by atoms with Crippen molar-refractivity contribution in [3.05, 3.63) is 72.1 Å². The molecule has 0 radical (unpaired) electrons. The Kier molecular flexibility index (Phi) is 9.73. The van der Waals surface area contributed by atoms with Crippen molar-refractivity contribution in [3.8, 4) is 0 Å². The summed E-state index contributed by atoms with van der Waals surface area (Å²) in [7, 11) is 0. The second kappa shape index (κ2) is 13.0. The summed E-state index contributed by atoms with van der Waals surface area (Å²) in [6.07, 6.45) is 4.71. The Bertz CT molecular complexity index is 1100. The summed E-state index contributed by atoms with van der Waals surface area (Å²) < 4.78 is 0. The zero-order valence-electron chi connectivity index (χ0n) is 20.6. The summed E-state index contributed by atoms with van der Waals surface area (Å²) in [5.74, 6) is -1.17. The standard InChI is InChI=1S/C28H36N4O3/c1-3-10-20(11-4-2)21(27(29)34)17-26(33)24(16-19-12-6-5-7-13-19)32-28(35)25-18-30-22-14-8-9-15-23(22)31-25/h5-9,12-15,18,20-21,24,26,33H,3-4,10-11,16-17H2,1-2H3,(H2,29,34)(H,32,35)/t21-,24+,26+/m1/s1. The number of aromatic nitrogens is 2. The molecule has 0 fully saturated rings. The second-order valence-corrected chi connectivity index (χ2v) is 9.16. The lowest BCUT2D eigenvalue weighted by Gasteiger charge is -2.30. The van der Waals surface area contributed by atoms with E-state index in [2.05, 4.69) is 29.1 Å². The van der Waals surface area contributed by atoms with Crippen molar-refractivity contribution < 1.29 is 14.7 Å². The number of hydrogen-bond donors (Lipinski definition) is 3. The molecule has 4 N–H and O–H groups in total. The van der Waals surface area contributed by atoms with E-state index in [1.807, 2.05) is 48.5 Å². The van der Waals surface area contributed by atoms with E-state index in [0.717, 1.165) is 31.2 Å². The van der Waals surface area contributed by atoms with Crippen molar-refractivity contribution >= 4 is 22.8 Å². The van der Waals surface area contributed by atoms with Crippen LogP contribution in [0.4, 0.5) is 0 Å². The monoisotopic (exact) mass is 476 g/mol. The third kappa shape index (κ3) is 7.33. The molecule has 7 heteroatoms. The average molecular weight is 477 g/mol. The maximum atomic E-state index is 13.1. The predicted octanol–water partition coefficient (Wildman–Crippen LogP) is 4.04. The molecule has 0 unspecified atom stereocenters. The predicted molar refractivity (Wildman–Crippen MR) is 138 cm³/mol. The molecule has 3 aromatic rings. The van der Waals surface area contributed by atoms with Gasteiger partial charge >= 0.3 is 0 Å². The van der Waals surface area contributed by atoms with Gasteiger partial charge in [-0.05, 0) is 49.3 Å². The summed E-state index contributed by atoms with van der Waals surface area (Å²) in [6.45, 7) is 4.17. The Morgan fingerprint density at radius 1 is 0.971 bits per heavy atom. The normalized spacial score (nSPS) is 13.9. The van der Waals surface area contributed by atoms with E-state index in [-0.39, 0.29) is 18.0 Å². The van der Waals surface area contributed by atoms with E-state index < -0.39 is 29.9 Å². The fraction of sp³-hybridized carbons (Fsp3) is 0.429.